The molecule has 0 bridgehead atoms. The number of rotatable bonds is 37. The van der Waals surface area contributed by atoms with Gasteiger partial charge in [-0.1, -0.05) is 174 Å². The zero-order valence-corrected chi connectivity index (χ0v) is 31.7. The fraction of sp³-hybridized carbons (Fsp3) is 0.905. The van der Waals surface area contributed by atoms with Gasteiger partial charge in [-0.15, -0.1) is 0 Å². The molecule has 1 heterocycles. The summed E-state index contributed by atoms with van der Waals surface area (Å²) in [5, 5.41) is 10.0. The Balaban J connectivity index is 1.78. The van der Waals surface area contributed by atoms with Gasteiger partial charge in [-0.05, 0) is 38.5 Å². The Morgan fingerprint density at radius 2 is 0.938 bits per heavy atom. The van der Waals surface area contributed by atoms with E-state index in [4.69, 9.17) is 14.2 Å². The minimum atomic E-state index is -0.968. The molecule has 0 aromatic heterocycles. The third kappa shape index (κ3) is 30.6. The fourth-order valence-electron chi connectivity index (χ4n) is 6.39. The Bertz CT molecular complexity index is 752. The van der Waals surface area contributed by atoms with E-state index in [0.717, 1.165) is 51.4 Å². The van der Waals surface area contributed by atoms with Gasteiger partial charge in [0.15, 0.2) is 0 Å². The number of aliphatic hydroxyl groups excluding tert-OH is 1. The molecule has 0 radical (unpaired) electrons. The topological polar surface area (TPSA) is 85.4 Å². The third-order valence-electron chi connectivity index (χ3n) is 9.67. The molecule has 282 valence electrons. The van der Waals surface area contributed by atoms with Crippen LogP contribution in [-0.2, 0) is 23.8 Å². The lowest BCUT2D eigenvalue weighted by Crippen LogP contribution is -2.25. The van der Waals surface area contributed by atoms with Crippen molar-refractivity contribution in [3.8, 4) is 0 Å². The number of unbranched alkanes of at least 4 members (excludes halogenated alkanes) is 24. The lowest BCUT2D eigenvalue weighted by Gasteiger charge is -2.12. The van der Waals surface area contributed by atoms with E-state index < -0.39 is 6.10 Å². The van der Waals surface area contributed by atoms with Crippen LogP contribution in [0.15, 0.2) is 12.2 Å². The third-order valence-corrected chi connectivity index (χ3v) is 9.67. The Morgan fingerprint density at radius 3 is 1.40 bits per heavy atom. The van der Waals surface area contributed by atoms with Crippen molar-refractivity contribution in [3.63, 3.8) is 0 Å². The number of epoxide rings is 1. The first-order valence-electron chi connectivity index (χ1n) is 20.9. The summed E-state index contributed by atoms with van der Waals surface area (Å²) in [5.41, 5.74) is 0. The van der Waals surface area contributed by atoms with Crippen molar-refractivity contribution in [2.75, 3.05) is 13.2 Å². The van der Waals surface area contributed by atoms with E-state index in [2.05, 4.69) is 26.0 Å². The number of hydrogen-bond donors (Lipinski definition) is 1. The first-order chi connectivity index (χ1) is 23.6. The van der Waals surface area contributed by atoms with Crippen LogP contribution >= 0.6 is 0 Å². The van der Waals surface area contributed by atoms with Gasteiger partial charge >= 0.3 is 11.9 Å². The number of esters is 2. The first kappa shape index (κ1) is 44.6. The quantitative estimate of drug-likeness (QED) is 0.0305. The molecule has 1 aliphatic heterocycles. The molecule has 2 unspecified atom stereocenters. The zero-order chi connectivity index (χ0) is 34.8. The van der Waals surface area contributed by atoms with Crippen molar-refractivity contribution in [3.05, 3.63) is 12.2 Å². The summed E-state index contributed by atoms with van der Waals surface area (Å²) < 4.78 is 16.1. The van der Waals surface area contributed by atoms with Gasteiger partial charge in [0.1, 0.15) is 19.3 Å². The average molecular weight is 679 g/mol. The molecule has 0 aromatic rings. The van der Waals surface area contributed by atoms with E-state index in [1.807, 2.05) is 0 Å². The minimum Gasteiger partial charge on any atom is -0.463 e. The summed E-state index contributed by atoms with van der Waals surface area (Å²) in [7, 11) is 0. The number of aliphatic hydroxyl groups is 1. The Kier molecular flexibility index (Phi) is 31.7. The lowest BCUT2D eigenvalue weighted by molar-refractivity contribution is -0.152. The van der Waals surface area contributed by atoms with Crippen LogP contribution in [0.4, 0.5) is 0 Å². The van der Waals surface area contributed by atoms with E-state index in [0.29, 0.717) is 25.0 Å². The molecule has 3 atom stereocenters. The second-order valence-corrected chi connectivity index (χ2v) is 14.5. The predicted octanol–water partition coefficient (Wildman–Crippen LogP) is 11.9. The number of carbonyl (C=O) groups is 2. The van der Waals surface area contributed by atoms with Crippen LogP contribution < -0.4 is 0 Å². The molecule has 1 N–H and O–H groups in total. The Morgan fingerprint density at radius 1 is 0.542 bits per heavy atom. The van der Waals surface area contributed by atoms with Crippen molar-refractivity contribution in [2.24, 2.45) is 0 Å². The van der Waals surface area contributed by atoms with E-state index in [1.54, 1.807) is 0 Å². The van der Waals surface area contributed by atoms with E-state index in [1.165, 1.54) is 135 Å². The van der Waals surface area contributed by atoms with Crippen LogP contribution in [0.3, 0.4) is 0 Å². The first-order valence-corrected chi connectivity index (χ1v) is 20.9. The maximum atomic E-state index is 12.0. The molecular formula is C42H78O6. The maximum Gasteiger partial charge on any atom is 0.305 e. The van der Waals surface area contributed by atoms with Gasteiger partial charge in [0.25, 0.3) is 0 Å². The highest BCUT2D eigenvalue weighted by atomic mass is 16.6. The van der Waals surface area contributed by atoms with Crippen molar-refractivity contribution >= 4 is 11.9 Å². The number of allylic oxidation sites excluding steroid dienone is 1. The SMILES string of the molecule is CCCCCCCCCCCCCCCCCCCCC(=O)OC[C@H](O)COC(=O)CCCCCCC/C=C\CC1OC1CCCCC. The predicted molar refractivity (Wildman–Crippen MR) is 200 cm³/mol. The van der Waals surface area contributed by atoms with Crippen LogP contribution in [-0.4, -0.2) is 48.6 Å². The highest BCUT2D eigenvalue weighted by molar-refractivity contribution is 5.69. The molecule has 0 spiro atoms. The van der Waals surface area contributed by atoms with Crippen LogP contribution in [0.5, 0.6) is 0 Å². The second-order valence-electron chi connectivity index (χ2n) is 14.5. The van der Waals surface area contributed by atoms with Crippen molar-refractivity contribution in [1.29, 1.82) is 0 Å². The van der Waals surface area contributed by atoms with Crippen LogP contribution in [0.2, 0.25) is 0 Å². The summed E-state index contributed by atoms with van der Waals surface area (Å²) >= 11 is 0. The van der Waals surface area contributed by atoms with Crippen molar-refractivity contribution in [2.45, 2.75) is 231 Å². The number of carbonyl (C=O) groups excluding carboxylic acids is 2. The van der Waals surface area contributed by atoms with Gasteiger partial charge in [0.05, 0.1) is 12.2 Å². The molecule has 1 rings (SSSR count). The lowest BCUT2D eigenvalue weighted by atomic mass is 10.0. The molecule has 0 amide bonds. The molecule has 6 nitrogen and oxygen atoms in total. The van der Waals surface area contributed by atoms with Crippen LogP contribution in [0.1, 0.15) is 213 Å². The Labute approximate surface area is 296 Å². The van der Waals surface area contributed by atoms with Gasteiger partial charge in [0, 0.05) is 12.8 Å². The molecule has 0 aliphatic carbocycles. The van der Waals surface area contributed by atoms with Gasteiger partial charge in [-0.3, -0.25) is 9.59 Å². The van der Waals surface area contributed by atoms with Gasteiger partial charge in [0.2, 0.25) is 0 Å². The van der Waals surface area contributed by atoms with Crippen molar-refractivity contribution in [1.82, 2.24) is 0 Å². The fourth-order valence-corrected chi connectivity index (χ4v) is 6.39. The van der Waals surface area contributed by atoms with Crippen LogP contribution in [0.25, 0.3) is 0 Å². The van der Waals surface area contributed by atoms with E-state index in [-0.39, 0.29) is 25.2 Å². The summed E-state index contributed by atoms with van der Waals surface area (Å²) in [4.78, 5) is 24.0. The number of hydrogen-bond acceptors (Lipinski definition) is 6. The number of ether oxygens (including phenoxy) is 3. The van der Waals surface area contributed by atoms with E-state index >= 15 is 0 Å². The molecule has 48 heavy (non-hydrogen) atoms. The average Bonchev–Trinajstić information content (AvgIpc) is 3.84. The minimum absolute atomic E-state index is 0.118. The van der Waals surface area contributed by atoms with E-state index in [9.17, 15) is 14.7 Å². The normalized spacial score (nSPS) is 16.4. The highest BCUT2D eigenvalue weighted by Gasteiger charge is 2.36. The molecule has 0 saturated carbocycles. The monoisotopic (exact) mass is 679 g/mol. The summed E-state index contributed by atoms with van der Waals surface area (Å²) in [5.74, 6) is -0.576. The highest BCUT2D eigenvalue weighted by Crippen LogP contribution is 2.30. The zero-order valence-electron chi connectivity index (χ0n) is 31.7. The summed E-state index contributed by atoms with van der Waals surface area (Å²) in [6.07, 6.45) is 41.6. The molecule has 1 fully saturated rings. The van der Waals surface area contributed by atoms with Gasteiger partial charge < -0.3 is 19.3 Å². The molecule has 6 heteroatoms. The maximum absolute atomic E-state index is 12.0. The summed E-state index contributed by atoms with van der Waals surface area (Å²) in [6, 6.07) is 0. The molecule has 0 aromatic carbocycles. The summed E-state index contributed by atoms with van der Waals surface area (Å²) in [6.45, 7) is 4.28. The van der Waals surface area contributed by atoms with Crippen LogP contribution in [0, 0.1) is 0 Å². The Hall–Kier alpha value is -1.40. The molecule has 1 saturated heterocycles. The standard InChI is InChI=1S/C42H78O6/c1-3-5-7-8-9-10-11-12-13-14-15-16-17-18-19-23-26-30-34-41(44)46-36-38(43)37-47-42(45)35-31-27-24-21-20-22-25-29-33-40-39(48-40)32-28-6-4-2/h25,29,38-40,43H,3-24,26-28,30-37H2,1-2H3/b29-25-/t38-,39?,40?/m0/s1. The molecule has 1 aliphatic rings. The second kappa shape index (κ2) is 34.1. The van der Waals surface area contributed by atoms with Gasteiger partial charge in [-0.2, -0.15) is 0 Å². The van der Waals surface area contributed by atoms with Crippen molar-refractivity contribution < 1.29 is 28.9 Å². The van der Waals surface area contributed by atoms with Gasteiger partial charge in [-0.25, -0.2) is 0 Å². The molecular weight excluding hydrogens is 600 g/mol. The largest absolute Gasteiger partial charge is 0.463 e. The smallest absolute Gasteiger partial charge is 0.305 e.